The van der Waals surface area contributed by atoms with Crippen LogP contribution in [0, 0.1) is 6.92 Å². The second-order valence-corrected chi connectivity index (χ2v) is 11.6. The lowest BCUT2D eigenvalue weighted by Gasteiger charge is -2.24. The van der Waals surface area contributed by atoms with E-state index in [9.17, 15) is 13.2 Å². The zero-order valence-electron chi connectivity index (χ0n) is 22.1. The Labute approximate surface area is 225 Å². The van der Waals surface area contributed by atoms with Gasteiger partial charge in [0, 0.05) is 20.3 Å². The number of rotatable bonds is 10. The van der Waals surface area contributed by atoms with E-state index in [1.54, 1.807) is 31.4 Å². The van der Waals surface area contributed by atoms with Crippen LogP contribution in [-0.4, -0.2) is 45.1 Å². The number of hydrogen-bond donors (Lipinski definition) is 0. The number of methoxy groups -OCH3 is 1. The molecule has 202 valence electrons. The number of carbonyl (C=O) groups is 1. The van der Waals surface area contributed by atoms with Gasteiger partial charge in [0.05, 0.1) is 13.0 Å². The molecule has 1 unspecified atom stereocenters. The molecule has 0 amide bonds. The maximum absolute atomic E-state index is 13.5. The monoisotopic (exact) mass is 537 g/mol. The van der Waals surface area contributed by atoms with Crippen molar-refractivity contribution in [3.63, 3.8) is 0 Å². The molecule has 4 rings (SSSR count). The van der Waals surface area contributed by atoms with E-state index in [0.717, 1.165) is 22.3 Å². The Morgan fingerprint density at radius 3 is 2.58 bits per heavy atom. The van der Waals surface area contributed by atoms with E-state index in [4.69, 9.17) is 14.2 Å². The van der Waals surface area contributed by atoms with Crippen LogP contribution in [0.4, 0.5) is 0 Å². The molecule has 0 N–H and O–H groups in total. The number of sulfonamides is 1. The van der Waals surface area contributed by atoms with Gasteiger partial charge in [0.2, 0.25) is 10.0 Å². The fraction of sp³-hybridized carbons (Fsp3) is 0.367. The Bertz CT molecular complexity index is 1340. The predicted molar refractivity (Wildman–Crippen MR) is 145 cm³/mol. The van der Waals surface area contributed by atoms with E-state index in [0.29, 0.717) is 18.8 Å². The minimum absolute atomic E-state index is 0.124. The zero-order chi connectivity index (χ0) is 27.1. The number of aryl methyl sites for hydroxylation is 1. The summed E-state index contributed by atoms with van der Waals surface area (Å²) < 4.78 is 45.3. The Hall–Kier alpha value is -3.20. The lowest BCUT2D eigenvalue weighted by atomic mass is 9.90. The molecule has 0 fully saturated rings. The largest absolute Gasteiger partial charge is 0.488 e. The van der Waals surface area contributed by atoms with Crippen molar-refractivity contribution in [2.75, 3.05) is 20.3 Å². The minimum atomic E-state index is -3.75. The summed E-state index contributed by atoms with van der Waals surface area (Å²) >= 11 is 0. The highest BCUT2D eigenvalue weighted by Crippen LogP contribution is 2.33. The molecule has 0 aliphatic carbocycles. The van der Waals surface area contributed by atoms with Crippen LogP contribution in [0.15, 0.2) is 77.7 Å². The van der Waals surface area contributed by atoms with Crippen molar-refractivity contribution < 1.29 is 27.4 Å². The van der Waals surface area contributed by atoms with Gasteiger partial charge >= 0.3 is 5.97 Å². The number of esters is 1. The quantitative estimate of drug-likeness (QED) is 0.330. The van der Waals surface area contributed by atoms with E-state index in [1.807, 2.05) is 62.4 Å². The number of carbonyl (C=O) groups excluding carboxylic acids is 1. The Kier molecular flexibility index (Phi) is 9.20. The summed E-state index contributed by atoms with van der Waals surface area (Å²) in [5, 5.41) is 0. The topological polar surface area (TPSA) is 82.1 Å². The van der Waals surface area contributed by atoms with Crippen molar-refractivity contribution >= 4 is 16.0 Å². The van der Waals surface area contributed by atoms with Gasteiger partial charge in [-0.15, -0.1) is 0 Å². The molecule has 0 spiro atoms. The highest BCUT2D eigenvalue weighted by molar-refractivity contribution is 7.89. The molecule has 1 heterocycles. The van der Waals surface area contributed by atoms with Crippen molar-refractivity contribution in [2.45, 2.75) is 56.8 Å². The van der Waals surface area contributed by atoms with Crippen LogP contribution in [0.25, 0.3) is 0 Å². The minimum Gasteiger partial charge on any atom is -0.488 e. The van der Waals surface area contributed by atoms with Crippen molar-refractivity contribution in [1.82, 2.24) is 4.31 Å². The summed E-state index contributed by atoms with van der Waals surface area (Å²) in [6.07, 6.45) is 0.546. The van der Waals surface area contributed by atoms with Gasteiger partial charge in [-0.2, -0.15) is 4.31 Å². The average Bonchev–Trinajstić information content (AvgIpc) is 3.00. The molecule has 3 aromatic rings. The number of benzene rings is 3. The zero-order valence-corrected chi connectivity index (χ0v) is 22.9. The number of para-hydroxylation sites is 1. The van der Waals surface area contributed by atoms with Crippen LogP contribution in [0.3, 0.4) is 0 Å². The lowest BCUT2D eigenvalue weighted by molar-refractivity contribution is -0.145. The number of fused-ring (bicyclic) bond motifs is 1. The highest BCUT2D eigenvalue weighted by atomic mass is 32.2. The SMILES string of the molecule is COCCC(CC(=O)OCc1ccccc1)c1ccc(C)c(CN2C[C@@H](C)Oc3ccccc3S2(=O)=O)c1. The molecule has 3 aromatic carbocycles. The third kappa shape index (κ3) is 6.81. The first-order chi connectivity index (χ1) is 18.3. The molecule has 0 saturated carbocycles. The number of ether oxygens (including phenoxy) is 3. The van der Waals surface area contributed by atoms with Crippen molar-refractivity contribution in [3.8, 4) is 5.75 Å². The van der Waals surface area contributed by atoms with E-state index in [-0.39, 0.29) is 49.0 Å². The maximum Gasteiger partial charge on any atom is 0.306 e. The standard InChI is InChI=1S/C30H35NO6S/c1-22-13-14-25(26(15-16-35-3)18-30(32)36-21-24-9-5-4-6-10-24)17-27(22)20-31-19-23(2)37-28-11-7-8-12-29(28)38(31,33)34/h4-14,17,23,26H,15-16,18-21H2,1-3H3/t23-,26?/m1/s1. The Morgan fingerprint density at radius 1 is 1.08 bits per heavy atom. The van der Waals surface area contributed by atoms with Crippen molar-refractivity contribution in [2.24, 2.45) is 0 Å². The number of hydrogen-bond acceptors (Lipinski definition) is 6. The molecule has 0 bridgehead atoms. The molecule has 0 aromatic heterocycles. The maximum atomic E-state index is 13.5. The third-order valence-corrected chi connectivity index (χ3v) is 8.62. The van der Waals surface area contributed by atoms with Gasteiger partial charge in [-0.3, -0.25) is 4.79 Å². The van der Waals surface area contributed by atoms with Crippen LogP contribution < -0.4 is 4.74 Å². The summed E-state index contributed by atoms with van der Waals surface area (Å²) in [6.45, 7) is 5.00. The van der Waals surface area contributed by atoms with Crippen LogP contribution in [0.5, 0.6) is 5.75 Å². The van der Waals surface area contributed by atoms with Gasteiger partial charge in [-0.05, 0) is 60.6 Å². The van der Waals surface area contributed by atoms with Crippen LogP contribution >= 0.6 is 0 Å². The normalized spacial score (nSPS) is 17.6. The molecule has 1 aliphatic heterocycles. The van der Waals surface area contributed by atoms with E-state index < -0.39 is 10.0 Å². The fourth-order valence-corrected chi connectivity index (χ4v) is 6.25. The highest BCUT2D eigenvalue weighted by Gasteiger charge is 2.33. The van der Waals surface area contributed by atoms with Gasteiger partial charge in [-0.1, -0.05) is 60.7 Å². The predicted octanol–water partition coefficient (Wildman–Crippen LogP) is 5.22. The molecular formula is C30H35NO6S. The molecular weight excluding hydrogens is 502 g/mol. The molecule has 2 atom stereocenters. The van der Waals surface area contributed by atoms with Gasteiger partial charge in [0.1, 0.15) is 23.4 Å². The van der Waals surface area contributed by atoms with Gasteiger partial charge in [-0.25, -0.2) is 8.42 Å². The molecule has 38 heavy (non-hydrogen) atoms. The third-order valence-electron chi connectivity index (χ3n) is 6.77. The Morgan fingerprint density at radius 2 is 1.82 bits per heavy atom. The summed E-state index contributed by atoms with van der Waals surface area (Å²) in [5.41, 5.74) is 3.76. The second-order valence-electron chi connectivity index (χ2n) is 9.69. The molecule has 0 radical (unpaired) electrons. The summed E-state index contributed by atoms with van der Waals surface area (Å²) in [7, 11) is -2.12. The molecule has 8 heteroatoms. The van der Waals surface area contributed by atoms with Crippen molar-refractivity contribution in [1.29, 1.82) is 0 Å². The summed E-state index contributed by atoms with van der Waals surface area (Å²) in [6, 6.07) is 22.3. The Balaban J connectivity index is 1.54. The van der Waals surface area contributed by atoms with Crippen molar-refractivity contribution in [3.05, 3.63) is 95.1 Å². The summed E-state index contributed by atoms with van der Waals surface area (Å²) in [5.74, 6) is -0.0299. The smallest absolute Gasteiger partial charge is 0.306 e. The van der Waals surface area contributed by atoms with E-state index in [1.165, 1.54) is 4.31 Å². The first-order valence-corrected chi connectivity index (χ1v) is 14.3. The van der Waals surface area contributed by atoms with Gasteiger partial charge in [0.15, 0.2) is 0 Å². The van der Waals surface area contributed by atoms with Crippen LogP contribution in [-0.2, 0) is 37.4 Å². The molecule has 0 saturated heterocycles. The van der Waals surface area contributed by atoms with Crippen LogP contribution in [0.1, 0.15) is 47.9 Å². The van der Waals surface area contributed by atoms with Gasteiger partial charge < -0.3 is 14.2 Å². The van der Waals surface area contributed by atoms with Gasteiger partial charge in [0.25, 0.3) is 0 Å². The second kappa shape index (κ2) is 12.6. The first-order valence-electron chi connectivity index (χ1n) is 12.8. The summed E-state index contributed by atoms with van der Waals surface area (Å²) in [4.78, 5) is 12.9. The van der Waals surface area contributed by atoms with E-state index >= 15 is 0 Å². The fourth-order valence-electron chi connectivity index (χ4n) is 4.64. The first kappa shape index (κ1) is 27.8. The number of nitrogens with zero attached hydrogens (tertiary/aromatic N) is 1. The van der Waals surface area contributed by atoms with E-state index in [2.05, 4.69) is 0 Å². The molecule has 1 aliphatic rings. The average molecular weight is 538 g/mol. The van der Waals surface area contributed by atoms with Crippen LogP contribution in [0.2, 0.25) is 0 Å². The lowest BCUT2D eigenvalue weighted by Crippen LogP contribution is -2.35. The molecule has 7 nitrogen and oxygen atoms in total.